The fraction of sp³-hybridized carbons (Fsp3) is 0. The summed E-state index contributed by atoms with van der Waals surface area (Å²) in [5.74, 6) is -5.18. The molecule has 0 unspecified atom stereocenters. The van der Waals surface area contributed by atoms with Gasteiger partial charge >= 0.3 is 5.69 Å². The maximum Gasteiger partial charge on any atom is 0.356 e. The van der Waals surface area contributed by atoms with Gasteiger partial charge in [0.15, 0.2) is 17.3 Å². The fourth-order valence-electron chi connectivity index (χ4n) is 2.46. The van der Waals surface area contributed by atoms with Crippen molar-refractivity contribution in [3.63, 3.8) is 0 Å². The highest BCUT2D eigenvalue weighted by Gasteiger charge is 2.41. The summed E-state index contributed by atoms with van der Waals surface area (Å²) < 4.78 is 0. The van der Waals surface area contributed by atoms with Crippen molar-refractivity contribution in [1.29, 1.82) is 0 Å². The normalized spacial score (nSPS) is 12.7. The Balaban J connectivity index is 2.46. The van der Waals surface area contributed by atoms with Crippen molar-refractivity contribution >= 4 is 17.3 Å². The summed E-state index contributed by atoms with van der Waals surface area (Å²) >= 11 is 0. The molecule has 0 radical (unpaired) electrons. The van der Waals surface area contributed by atoms with Gasteiger partial charge in [-0.2, -0.15) is 0 Å². The van der Waals surface area contributed by atoms with Crippen molar-refractivity contribution < 1.29 is 29.8 Å². The van der Waals surface area contributed by atoms with Crippen LogP contribution in [0.3, 0.4) is 0 Å². The number of nitrogens with zero attached hydrogens (tertiary/aromatic N) is 1. The predicted molar refractivity (Wildman–Crippen MR) is 71.4 cm³/mol. The van der Waals surface area contributed by atoms with Crippen molar-refractivity contribution in [3.05, 3.63) is 56.6 Å². The molecule has 0 aromatic heterocycles. The number of carbonyl (C=O) groups is 2. The number of phenolic OH excluding ortho intramolecular Hbond substituents is 3. The van der Waals surface area contributed by atoms with Gasteiger partial charge in [0.05, 0.1) is 16.1 Å². The summed E-state index contributed by atoms with van der Waals surface area (Å²) in [5.41, 5.74) is -2.63. The van der Waals surface area contributed by atoms with E-state index in [2.05, 4.69) is 0 Å². The van der Waals surface area contributed by atoms with Gasteiger partial charge in [0, 0.05) is 11.1 Å². The number of fused-ring (bicyclic) bond motifs is 2. The van der Waals surface area contributed by atoms with E-state index < -0.39 is 50.6 Å². The lowest BCUT2D eigenvalue weighted by atomic mass is 9.82. The number of hydrogen-bond acceptors (Lipinski definition) is 7. The van der Waals surface area contributed by atoms with Gasteiger partial charge in [-0.3, -0.25) is 19.7 Å². The molecule has 0 heterocycles. The number of ketones is 2. The maximum atomic E-state index is 12.4. The molecule has 0 spiro atoms. The molecule has 0 fully saturated rings. The Morgan fingerprint density at radius 1 is 0.818 bits per heavy atom. The number of phenols is 3. The van der Waals surface area contributed by atoms with Gasteiger partial charge in [-0.25, -0.2) is 0 Å². The predicted octanol–water partition coefficient (Wildman–Crippen LogP) is 1.49. The molecule has 8 heteroatoms. The van der Waals surface area contributed by atoms with Crippen LogP contribution in [0.2, 0.25) is 0 Å². The minimum atomic E-state index is -1.26. The first-order valence-electron chi connectivity index (χ1n) is 6.00. The molecule has 0 amide bonds. The topological polar surface area (TPSA) is 138 Å². The van der Waals surface area contributed by atoms with E-state index in [4.69, 9.17) is 0 Å². The van der Waals surface area contributed by atoms with Crippen molar-refractivity contribution in [2.45, 2.75) is 0 Å². The molecule has 0 saturated heterocycles. The van der Waals surface area contributed by atoms with Crippen LogP contribution < -0.4 is 0 Å². The Hall–Kier alpha value is -3.42. The van der Waals surface area contributed by atoms with Crippen LogP contribution in [0.15, 0.2) is 24.3 Å². The molecule has 0 bridgehead atoms. The summed E-state index contributed by atoms with van der Waals surface area (Å²) in [5, 5.41) is 40.3. The van der Waals surface area contributed by atoms with Crippen LogP contribution in [0.1, 0.15) is 31.8 Å². The van der Waals surface area contributed by atoms with Crippen LogP contribution in [0.5, 0.6) is 17.2 Å². The molecule has 2 aromatic carbocycles. The van der Waals surface area contributed by atoms with Crippen molar-refractivity contribution in [3.8, 4) is 17.2 Å². The lowest BCUT2D eigenvalue weighted by Crippen LogP contribution is -2.21. The van der Waals surface area contributed by atoms with Crippen LogP contribution in [0.4, 0.5) is 5.69 Å². The first kappa shape index (κ1) is 13.6. The number of hydrogen-bond donors (Lipinski definition) is 3. The van der Waals surface area contributed by atoms with Gasteiger partial charge in [0.1, 0.15) is 0 Å². The van der Waals surface area contributed by atoms with Gasteiger partial charge in [-0.15, -0.1) is 0 Å². The molecule has 2 aromatic rings. The maximum absolute atomic E-state index is 12.4. The van der Waals surface area contributed by atoms with E-state index >= 15 is 0 Å². The average molecular weight is 301 g/mol. The number of benzene rings is 2. The molecule has 22 heavy (non-hydrogen) atoms. The number of nitro groups is 1. The lowest BCUT2D eigenvalue weighted by molar-refractivity contribution is -0.387. The lowest BCUT2D eigenvalue weighted by Gasteiger charge is -2.19. The van der Waals surface area contributed by atoms with Gasteiger partial charge in [0.2, 0.25) is 11.5 Å². The zero-order valence-electron chi connectivity index (χ0n) is 10.7. The molecule has 0 atom stereocenters. The second-order valence-corrected chi connectivity index (χ2v) is 4.61. The number of carbonyl (C=O) groups excluding carboxylic acids is 2. The molecule has 1 aliphatic carbocycles. The first-order valence-corrected chi connectivity index (χ1v) is 6.00. The average Bonchev–Trinajstić information content (AvgIpc) is 2.48. The molecule has 0 saturated carbocycles. The Labute approximate surface area is 122 Å². The van der Waals surface area contributed by atoms with E-state index in [1.807, 2.05) is 0 Å². The van der Waals surface area contributed by atoms with E-state index in [0.29, 0.717) is 0 Å². The number of aromatic hydroxyl groups is 3. The quantitative estimate of drug-likeness (QED) is 0.268. The number of rotatable bonds is 1. The first-order chi connectivity index (χ1) is 10.4. The monoisotopic (exact) mass is 301 g/mol. The Morgan fingerprint density at radius 2 is 1.27 bits per heavy atom. The molecule has 3 N–H and O–H groups in total. The minimum Gasteiger partial charge on any atom is -0.504 e. The largest absolute Gasteiger partial charge is 0.504 e. The summed E-state index contributed by atoms with van der Waals surface area (Å²) in [7, 11) is 0. The number of nitro benzene ring substituents is 1. The van der Waals surface area contributed by atoms with E-state index in [1.54, 1.807) is 0 Å². The highest BCUT2D eigenvalue weighted by Crippen LogP contribution is 2.50. The van der Waals surface area contributed by atoms with Crippen LogP contribution in [0.25, 0.3) is 0 Å². The van der Waals surface area contributed by atoms with E-state index in [0.717, 1.165) is 0 Å². The van der Waals surface area contributed by atoms with Crippen LogP contribution in [0, 0.1) is 10.1 Å². The SMILES string of the molecule is O=C1c2ccccc2C(=O)c2c(O)c([N+](=O)[O-])c(O)c(O)c21. The third-order valence-corrected chi connectivity index (χ3v) is 3.45. The third kappa shape index (κ3) is 1.51. The molecule has 8 nitrogen and oxygen atoms in total. The Bertz CT molecular complexity index is 885. The highest BCUT2D eigenvalue weighted by molar-refractivity contribution is 6.31. The van der Waals surface area contributed by atoms with Gasteiger partial charge in [0.25, 0.3) is 0 Å². The van der Waals surface area contributed by atoms with Crippen LogP contribution in [-0.2, 0) is 0 Å². The summed E-state index contributed by atoms with van der Waals surface area (Å²) in [6.45, 7) is 0. The summed E-state index contributed by atoms with van der Waals surface area (Å²) in [4.78, 5) is 34.5. The Morgan fingerprint density at radius 3 is 1.73 bits per heavy atom. The van der Waals surface area contributed by atoms with Crippen molar-refractivity contribution in [2.75, 3.05) is 0 Å². The smallest absolute Gasteiger partial charge is 0.356 e. The fourth-order valence-corrected chi connectivity index (χ4v) is 2.46. The van der Waals surface area contributed by atoms with Crippen LogP contribution >= 0.6 is 0 Å². The van der Waals surface area contributed by atoms with Crippen molar-refractivity contribution in [1.82, 2.24) is 0 Å². The van der Waals surface area contributed by atoms with Gasteiger partial charge in [-0.05, 0) is 0 Å². The zero-order chi connectivity index (χ0) is 16.2. The van der Waals surface area contributed by atoms with Gasteiger partial charge in [-0.1, -0.05) is 24.3 Å². The third-order valence-electron chi connectivity index (χ3n) is 3.45. The highest BCUT2D eigenvalue weighted by atomic mass is 16.6. The standard InChI is InChI=1S/C14H7NO7/c16-10-5-3-1-2-4-6(5)11(17)8-7(10)12(18)9(15(21)22)14(20)13(8)19/h1-4,18-20H. The molecular weight excluding hydrogens is 294 g/mol. The van der Waals surface area contributed by atoms with Gasteiger partial charge < -0.3 is 15.3 Å². The second-order valence-electron chi connectivity index (χ2n) is 4.61. The molecular formula is C14H7NO7. The summed E-state index contributed by atoms with van der Waals surface area (Å²) in [6, 6.07) is 5.65. The minimum absolute atomic E-state index is 0.0250. The van der Waals surface area contributed by atoms with E-state index in [-0.39, 0.29) is 11.1 Å². The molecule has 3 rings (SSSR count). The van der Waals surface area contributed by atoms with E-state index in [1.165, 1.54) is 24.3 Å². The molecule has 110 valence electrons. The molecule has 1 aliphatic rings. The van der Waals surface area contributed by atoms with E-state index in [9.17, 15) is 35.0 Å². The molecule has 0 aliphatic heterocycles. The second kappa shape index (κ2) is 4.29. The zero-order valence-corrected chi connectivity index (χ0v) is 10.7. The van der Waals surface area contributed by atoms with Crippen LogP contribution in [-0.4, -0.2) is 31.8 Å². The summed E-state index contributed by atoms with van der Waals surface area (Å²) in [6.07, 6.45) is 0. The Kier molecular flexibility index (Phi) is 2.64. The van der Waals surface area contributed by atoms with Crippen molar-refractivity contribution in [2.24, 2.45) is 0 Å².